The minimum Gasteiger partial charge on any atom is -0.330 e. The van der Waals surface area contributed by atoms with E-state index in [1.807, 2.05) is 0 Å². The lowest BCUT2D eigenvalue weighted by Crippen LogP contribution is -2.32. The Morgan fingerprint density at radius 1 is 1.47 bits per heavy atom. The van der Waals surface area contributed by atoms with E-state index in [2.05, 4.69) is 18.8 Å². The van der Waals surface area contributed by atoms with Gasteiger partial charge in [0.15, 0.2) is 0 Å². The zero-order chi connectivity index (χ0) is 12.5. The molecule has 1 fully saturated rings. The SMILES string of the molecule is CC1(C)CCC(CN)C(c2cncc(F)c2)C1. The largest absolute Gasteiger partial charge is 0.330 e. The summed E-state index contributed by atoms with van der Waals surface area (Å²) in [6, 6.07) is 1.61. The Morgan fingerprint density at radius 2 is 2.24 bits per heavy atom. The summed E-state index contributed by atoms with van der Waals surface area (Å²) in [5.41, 5.74) is 7.17. The van der Waals surface area contributed by atoms with Crippen molar-refractivity contribution in [2.75, 3.05) is 6.54 Å². The third-order valence-electron chi connectivity index (χ3n) is 3.99. The number of hydrogen-bond donors (Lipinski definition) is 1. The summed E-state index contributed by atoms with van der Waals surface area (Å²) in [5, 5.41) is 0. The zero-order valence-corrected chi connectivity index (χ0v) is 10.6. The van der Waals surface area contributed by atoms with Crippen molar-refractivity contribution in [1.82, 2.24) is 4.98 Å². The summed E-state index contributed by atoms with van der Waals surface area (Å²) < 4.78 is 13.3. The van der Waals surface area contributed by atoms with Crippen LogP contribution in [0.15, 0.2) is 18.5 Å². The molecule has 1 aliphatic rings. The number of pyridine rings is 1. The van der Waals surface area contributed by atoms with Gasteiger partial charge < -0.3 is 5.73 Å². The molecule has 1 heterocycles. The molecule has 1 saturated carbocycles. The van der Waals surface area contributed by atoms with Crippen molar-refractivity contribution < 1.29 is 4.39 Å². The second-order valence-corrected chi connectivity index (χ2v) is 5.95. The highest BCUT2D eigenvalue weighted by molar-refractivity contribution is 5.18. The monoisotopic (exact) mass is 236 g/mol. The van der Waals surface area contributed by atoms with Crippen LogP contribution in [0.2, 0.25) is 0 Å². The summed E-state index contributed by atoms with van der Waals surface area (Å²) in [6.07, 6.45) is 6.45. The molecular formula is C14H21FN2. The third-order valence-corrected chi connectivity index (χ3v) is 3.99. The summed E-state index contributed by atoms with van der Waals surface area (Å²) >= 11 is 0. The molecule has 94 valence electrons. The predicted molar refractivity (Wildman–Crippen MR) is 67.1 cm³/mol. The Morgan fingerprint density at radius 3 is 2.88 bits per heavy atom. The van der Waals surface area contributed by atoms with Gasteiger partial charge in [-0.15, -0.1) is 0 Å². The standard InChI is InChI=1S/C14H21FN2/c1-14(2)4-3-10(7-16)13(6-14)11-5-12(15)9-17-8-11/h5,8-10,13H,3-4,6-7,16H2,1-2H3. The minimum absolute atomic E-state index is 0.248. The van der Waals surface area contributed by atoms with Crippen molar-refractivity contribution in [3.63, 3.8) is 0 Å². The summed E-state index contributed by atoms with van der Waals surface area (Å²) in [6.45, 7) is 5.23. The van der Waals surface area contributed by atoms with E-state index in [0.29, 0.717) is 23.8 Å². The highest BCUT2D eigenvalue weighted by atomic mass is 19.1. The van der Waals surface area contributed by atoms with Gasteiger partial charge in [0.2, 0.25) is 0 Å². The maximum atomic E-state index is 13.3. The van der Waals surface area contributed by atoms with Gasteiger partial charge >= 0.3 is 0 Å². The molecular weight excluding hydrogens is 215 g/mol. The van der Waals surface area contributed by atoms with Crippen LogP contribution >= 0.6 is 0 Å². The average Bonchev–Trinajstić information content (AvgIpc) is 2.28. The summed E-state index contributed by atoms with van der Waals surface area (Å²) in [5.74, 6) is 0.570. The van der Waals surface area contributed by atoms with Crippen LogP contribution in [-0.4, -0.2) is 11.5 Å². The van der Waals surface area contributed by atoms with Gasteiger partial charge in [0.1, 0.15) is 5.82 Å². The highest BCUT2D eigenvalue weighted by Gasteiger charge is 2.35. The van der Waals surface area contributed by atoms with Gasteiger partial charge in [0, 0.05) is 6.20 Å². The van der Waals surface area contributed by atoms with Crippen LogP contribution in [0.1, 0.15) is 44.6 Å². The number of hydrogen-bond acceptors (Lipinski definition) is 2. The van der Waals surface area contributed by atoms with Crippen LogP contribution in [0, 0.1) is 17.2 Å². The lowest BCUT2D eigenvalue weighted by Gasteiger charge is -2.40. The van der Waals surface area contributed by atoms with E-state index in [1.54, 1.807) is 12.3 Å². The van der Waals surface area contributed by atoms with Crippen molar-refractivity contribution in [3.8, 4) is 0 Å². The summed E-state index contributed by atoms with van der Waals surface area (Å²) in [4.78, 5) is 3.96. The molecule has 2 N–H and O–H groups in total. The molecule has 3 heteroatoms. The maximum Gasteiger partial charge on any atom is 0.141 e. The second kappa shape index (κ2) is 4.73. The van der Waals surface area contributed by atoms with Crippen LogP contribution in [0.4, 0.5) is 4.39 Å². The number of halogens is 1. The molecule has 0 spiro atoms. The van der Waals surface area contributed by atoms with Crippen LogP contribution in [0.3, 0.4) is 0 Å². The topological polar surface area (TPSA) is 38.9 Å². The molecule has 2 nitrogen and oxygen atoms in total. The summed E-state index contributed by atoms with van der Waals surface area (Å²) in [7, 11) is 0. The molecule has 0 bridgehead atoms. The van der Waals surface area contributed by atoms with Gasteiger partial charge in [0.25, 0.3) is 0 Å². The first-order valence-corrected chi connectivity index (χ1v) is 6.32. The van der Waals surface area contributed by atoms with Crippen LogP contribution in [0.25, 0.3) is 0 Å². The molecule has 0 aromatic carbocycles. The lowest BCUT2D eigenvalue weighted by atomic mass is 9.65. The predicted octanol–water partition coefficient (Wildman–Crippen LogP) is 3.09. The fourth-order valence-electron chi connectivity index (χ4n) is 2.94. The van der Waals surface area contributed by atoms with E-state index < -0.39 is 0 Å². The first-order valence-electron chi connectivity index (χ1n) is 6.32. The van der Waals surface area contributed by atoms with Crippen LogP contribution < -0.4 is 5.73 Å². The van der Waals surface area contributed by atoms with Gasteiger partial charge in [-0.3, -0.25) is 4.98 Å². The first kappa shape index (κ1) is 12.5. The quantitative estimate of drug-likeness (QED) is 0.857. The van der Waals surface area contributed by atoms with E-state index in [9.17, 15) is 4.39 Å². The molecule has 2 atom stereocenters. The van der Waals surface area contributed by atoms with Gasteiger partial charge in [-0.1, -0.05) is 13.8 Å². The van der Waals surface area contributed by atoms with Crippen molar-refractivity contribution in [1.29, 1.82) is 0 Å². The minimum atomic E-state index is -0.248. The molecule has 0 saturated heterocycles. The molecule has 2 rings (SSSR count). The van der Waals surface area contributed by atoms with E-state index in [4.69, 9.17) is 5.73 Å². The van der Waals surface area contributed by atoms with Crippen molar-refractivity contribution in [2.45, 2.75) is 39.0 Å². The van der Waals surface area contributed by atoms with Crippen molar-refractivity contribution in [3.05, 3.63) is 29.8 Å². The molecule has 0 radical (unpaired) electrons. The lowest BCUT2D eigenvalue weighted by molar-refractivity contribution is 0.165. The number of aromatic nitrogens is 1. The zero-order valence-electron chi connectivity index (χ0n) is 10.6. The number of nitrogens with zero attached hydrogens (tertiary/aromatic N) is 1. The normalized spacial score (nSPS) is 28.0. The van der Waals surface area contributed by atoms with E-state index in [1.165, 1.54) is 12.6 Å². The van der Waals surface area contributed by atoms with Gasteiger partial charge in [-0.25, -0.2) is 4.39 Å². The molecule has 1 aromatic heterocycles. The van der Waals surface area contributed by atoms with Crippen LogP contribution in [0.5, 0.6) is 0 Å². The van der Waals surface area contributed by atoms with Gasteiger partial charge in [-0.05, 0) is 54.7 Å². The Bertz CT molecular complexity index is 390. The fourth-order valence-corrected chi connectivity index (χ4v) is 2.94. The highest BCUT2D eigenvalue weighted by Crippen LogP contribution is 2.46. The smallest absolute Gasteiger partial charge is 0.141 e. The molecule has 2 unspecified atom stereocenters. The van der Waals surface area contributed by atoms with Crippen LogP contribution in [-0.2, 0) is 0 Å². The number of rotatable bonds is 2. The Labute approximate surface area is 102 Å². The average molecular weight is 236 g/mol. The fraction of sp³-hybridized carbons (Fsp3) is 0.643. The Hall–Kier alpha value is -0.960. The van der Waals surface area contributed by atoms with Gasteiger partial charge in [-0.2, -0.15) is 0 Å². The number of nitrogens with two attached hydrogens (primary N) is 1. The molecule has 1 aliphatic carbocycles. The van der Waals surface area contributed by atoms with Crippen molar-refractivity contribution >= 4 is 0 Å². The van der Waals surface area contributed by atoms with Crippen molar-refractivity contribution in [2.24, 2.45) is 17.1 Å². The van der Waals surface area contributed by atoms with E-state index in [0.717, 1.165) is 18.4 Å². The molecule has 0 amide bonds. The first-order chi connectivity index (χ1) is 8.02. The Kier molecular flexibility index (Phi) is 3.48. The van der Waals surface area contributed by atoms with E-state index >= 15 is 0 Å². The molecule has 0 aliphatic heterocycles. The molecule has 17 heavy (non-hydrogen) atoms. The second-order valence-electron chi connectivity index (χ2n) is 5.95. The van der Waals surface area contributed by atoms with E-state index in [-0.39, 0.29) is 5.82 Å². The Balaban J connectivity index is 2.26. The third kappa shape index (κ3) is 2.83. The maximum absolute atomic E-state index is 13.3. The molecule has 1 aromatic rings. The van der Waals surface area contributed by atoms with Gasteiger partial charge in [0.05, 0.1) is 6.20 Å².